The molecule has 0 aromatic rings. The molecule has 0 bridgehead atoms. The number of fused-ring (bicyclic) bond motifs is 5. The summed E-state index contributed by atoms with van der Waals surface area (Å²) in [5, 5.41) is 11.4. The van der Waals surface area contributed by atoms with E-state index < -0.39 is 5.60 Å². The van der Waals surface area contributed by atoms with Crippen LogP contribution in [-0.4, -0.2) is 22.3 Å². The Labute approximate surface area is 150 Å². The molecular weight excluding hydrogens is 312 g/mol. The third-order valence-electron chi connectivity index (χ3n) is 8.35. The van der Waals surface area contributed by atoms with Crippen LogP contribution in [-0.2, 0) is 9.59 Å². The minimum atomic E-state index is -1.34. The van der Waals surface area contributed by atoms with Crippen LogP contribution in [0.2, 0.25) is 0 Å². The lowest BCUT2D eigenvalue weighted by molar-refractivity contribution is -0.156. The lowest BCUT2D eigenvalue weighted by atomic mass is 9.49. The maximum Gasteiger partial charge on any atom is 0.166 e. The highest BCUT2D eigenvalue weighted by Gasteiger charge is 2.67. The standard InChI is InChI=1S/C22H30O3/c1-4-21-10-9-18-17-8-6-16(24)12-15(17)5-7-19(18)20(21)11-13(2)22(21,25)14(3)23/h12,17-20,25H,2,4-11H2,1,3H3/t17-,18?,19?,20?,21-,22+/m0/s1. The van der Waals surface area contributed by atoms with Crippen LogP contribution in [0.3, 0.4) is 0 Å². The zero-order chi connectivity index (χ0) is 18.0. The van der Waals surface area contributed by atoms with Gasteiger partial charge >= 0.3 is 0 Å². The number of hydrogen-bond acceptors (Lipinski definition) is 3. The van der Waals surface area contributed by atoms with E-state index in [0.717, 1.165) is 50.5 Å². The summed E-state index contributed by atoms with van der Waals surface area (Å²) in [6.07, 6.45) is 9.30. The van der Waals surface area contributed by atoms with Gasteiger partial charge in [-0.25, -0.2) is 0 Å². The van der Waals surface area contributed by atoms with Gasteiger partial charge in [-0.2, -0.15) is 0 Å². The smallest absolute Gasteiger partial charge is 0.166 e. The molecule has 3 heteroatoms. The minimum absolute atomic E-state index is 0.125. The molecule has 3 unspecified atom stereocenters. The lowest BCUT2D eigenvalue weighted by Gasteiger charge is -2.56. The molecule has 0 amide bonds. The molecule has 3 saturated carbocycles. The second-order valence-corrected chi connectivity index (χ2v) is 8.93. The summed E-state index contributed by atoms with van der Waals surface area (Å²) in [6.45, 7) is 7.81. The first kappa shape index (κ1) is 17.2. The molecule has 136 valence electrons. The molecule has 0 aromatic heterocycles. The van der Waals surface area contributed by atoms with E-state index >= 15 is 0 Å². The molecule has 6 atom stereocenters. The highest BCUT2D eigenvalue weighted by Crippen LogP contribution is 2.67. The molecule has 4 aliphatic rings. The summed E-state index contributed by atoms with van der Waals surface area (Å²) in [5.41, 5.74) is 0.451. The van der Waals surface area contributed by atoms with E-state index in [9.17, 15) is 14.7 Å². The molecule has 0 radical (unpaired) electrons. The maximum atomic E-state index is 12.5. The van der Waals surface area contributed by atoms with Crippen molar-refractivity contribution < 1.29 is 14.7 Å². The summed E-state index contributed by atoms with van der Waals surface area (Å²) in [5.74, 6) is 2.24. The summed E-state index contributed by atoms with van der Waals surface area (Å²) in [6, 6.07) is 0. The molecule has 0 aliphatic heterocycles. The Kier molecular flexibility index (Phi) is 3.88. The highest BCUT2D eigenvalue weighted by molar-refractivity contribution is 5.91. The van der Waals surface area contributed by atoms with Crippen LogP contribution in [0.5, 0.6) is 0 Å². The molecule has 0 aromatic carbocycles. The molecular formula is C22H30O3. The van der Waals surface area contributed by atoms with Gasteiger partial charge in [0.2, 0.25) is 0 Å². The fourth-order valence-electron chi connectivity index (χ4n) is 7.25. The quantitative estimate of drug-likeness (QED) is 0.772. The molecule has 3 fully saturated rings. The average molecular weight is 342 g/mol. The number of Topliss-reactive ketones (excluding diaryl/α,β-unsaturated/α-hetero) is 1. The Balaban J connectivity index is 1.72. The van der Waals surface area contributed by atoms with Crippen molar-refractivity contribution >= 4 is 11.6 Å². The van der Waals surface area contributed by atoms with Gasteiger partial charge in [-0.1, -0.05) is 19.1 Å². The Morgan fingerprint density at radius 3 is 2.72 bits per heavy atom. The SMILES string of the molecule is C=C1CC2C3CCC4=CC(=O)CC[C@@H]4C3CC[C@]2(CC)[C@]1(O)C(C)=O. The second kappa shape index (κ2) is 5.64. The Morgan fingerprint density at radius 1 is 1.28 bits per heavy atom. The van der Waals surface area contributed by atoms with Crippen LogP contribution in [0.1, 0.15) is 65.2 Å². The normalized spacial score (nSPS) is 46.1. The van der Waals surface area contributed by atoms with Crippen molar-refractivity contribution in [2.75, 3.05) is 0 Å². The molecule has 4 rings (SSSR count). The molecule has 0 saturated heterocycles. The number of allylic oxidation sites excluding steroid dienone is 1. The Morgan fingerprint density at radius 2 is 2.04 bits per heavy atom. The van der Waals surface area contributed by atoms with Crippen molar-refractivity contribution in [1.82, 2.24) is 0 Å². The summed E-state index contributed by atoms with van der Waals surface area (Å²) in [4.78, 5) is 24.3. The zero-order valence-electron chi connectivity index (χ0n) is 15.5. The predicted molar refractivity (Wildman–Crippen MR) is 96.9 cm³/mol. The van der Waals surface area contributed by atoms with Gasteiger partial charge in [0.15, 0.2) is 11.6 Å². The van der Waals surface area contributed by atoms with E-state index in [1.165, 1.54) is 12.5 Å². The number of carbonyl (C=O) groups excluding carboxylic acids is 2. The highest BCUT2D eigenvalue weighted by atomic mass is 16.3. The van der Waals surface area contributed by atoms with E-state index in [-0.39, 0.29) is 11.2 Å². The van der Waals surface area contributed by atoms with Crippen LogP contribution in [0.4, 0.5) is 0 Å². The molecule has 25 heavy (non-hydrogen) atoms. The third kappa shape index (κ3) is 2.08. The number of aliphatic hydroxyl groups is 1. The first-order valence-corrected chi connectivity index (χ1v) is 10.00. The summed E-state index contributed by atoms with van der Waals surface area (Å²) in [7, 11) is 0. The van der Waals surface area contributed by atoms with Crippen molar-refractivity contribution in [3.05, 3.63) is 23.8 Å². The van der Waals surface area contributed by atoms with Crippen LogP contribution < -0.4 is 0 Å². The average Bonchev–Trinajstić information content (AvgIpc) is 2.83. The van der Waals surface area contributed by atoms with Crippen LogP contribution in [0, 0.1) is 29.1 Å². The van der Waals surface area contributed by atoms with E-state index in [1.54, 1.807) is 0 Å². The van der Waals surface area contributed by atoms with Gasteiger partial charge in [0.05, 0.1) is 0 Å². The van der Waals surface area contributed by atoms with Crippen molar-refractivity contribution in [2.24, 2.45) is 29.1 Å². The first-order chi connectivity index (χ1) is 11.8. The van der Waals surface area contributed by atoms with Crippen LogP contribution in [0.25, 0.3) is 0 Å². The topological polar surface area (TPSA) is 54.4 Å². The number of hydrogen-bond donors (Lipinski definition) is 1. The van der Waals surface area contributed by atoms with E-state index in [1.807, 2.05) is 6.08 Å². The molecule has 0 heterocycles. The van der Waals surface area contributed by atoms with E-state index in [4.69, 9.17) is 0 Å². The summed E-state index contributed by atoms with van der Waals surface area (Å²) >= 11 is 0. The van der Waals surface area contributed by atoms with Gasteiger partial charge in [0.25, 0.3) is 0 Å². The number of ketones is 2. The van der Waals surface area contributed by atoms with Gasteiger partial charge in [0, 0.05) is 11.8 Å². The van der Waals surface area contributed by atoms with Crippen LogP contribution in [0.15, 0.2) is 23.8 Å². The van der Waals surface area contributed by atoms with Gasteiger partial charge in [0.1, 0.15) is 5.60 Å². The van der Waals surface area contributed by atoms with E-state index in [2.05, 4.69) is 13.5 Å². The minimum Gasteiger partial charge on any atom is -0.377 e. The molecule has 3 nitrogen and oxygen atoms in total. The first-order valence-electron chi connectivity index (χ1n) is 10.00. The fraction of sp³-hybridized carbons (Fsp3) is 0.727. The Hall–Kier alpha value is -1.22. The van der Waals surface area contributed by atoms with Crippen molar-refractivity contribution in [2.45, 2.75) is 70.8 Å². The summed E-state index contributed by atoms with van der Waals surface area (Å²) < 4.78 is 0. The van der Waals surface area contributed by atoms with Gasteiger partial charge < -0.3 is 5.11 Å². The van der Waals surface area contributed by atoms with Crippen molar-refractivity contribution in [1.29, 1.82) is 0 Å². The zero-order valence-corrected chi connectivity index (χ0v) is 15.5. The Bertz CT molecular complexity index is 675. The largest absolute Gasteiger partial charge is 0.377 e. The van der Waals surface area contributed by atoms with Crippen molar-refractivity contribution in [3.63, 3.8) is 0 Å². The maximum absolute atomic E-state index is 12.5. The number of carbonyl (C=O) groups is 2. The van der Waals surface area contributed by atoms with Gasteiger partial charge in [-0.15, -0.1) is 0 Å². The predicted octanol–water partition coefficient (Wildman–Crippen LogP) is 4.00. The number of rotatable bonds is 2. The molecule has 1 N–H and O–H groups in total. The lowest BCUT2D eigenvalue weighted by Crippen LogP contribution is -2.57. The van der Waals surface area contributed by atoms with Crippen LogP contribution >= 0.6 is 0 Å². The fourth-order valence-corrected chi connectivity index (χ4v) is 7.25. The molecule has 0 spiro atoms. The third-order valence-corrected chi connectivity index (χ3v) is 8.35. The van der Waals surface area contributed by atoms with E-state index in [0.29, 0.717) is 35.9 Å². The van der Waals surface area contributed by atoms with Gasteiger partial charge in [-0.3, -0.25) is 9.59 Å². The van der Waals surface area contributed by atoms with Crippen molar-refractivity contribution in [3.8, 4) is 0 Å². The van der Waals surface area contributed by atoms with Gasteiger partial charge in [-0.05, 0) is 87.2 Å². The molecule has 4 aliphatic carbocycles. The second-order valence-electron chi connectivity index (χ2n) is 8.93. The monoisotopic (exact) mass is 342 g/mol.